The molecule has 1 fully saturated rings. The van der Waals surface area contributed by atoms with Gasteiger partial charge in [-0.25, -0.2) is 4.79 Å². The van der Waals surface area contributed by atoms with Gasteiger partial charge >= 0.3 is 6.09 Å². The fourth-order valence-electron chi connectivity index (χ4n) is 3.49. The molecule has 5 nitrogen and oxygen atoms in total. The van der Waals surface area contributed by atoms with Gasteiger partial charge in [-0.2, -0.15) is 0 Å². The third-order valence-corrected chi connectivity index (χ3v) is 4.59. The van der Waals surface area contributed by atoms with Gasteiger partial charge in [0, 0.05) is 25.2 Å². The van der Waals surface area contributed by atoms with Crippen LogP contribution in [0.1, 0.15) is 45.6 Å². The number of ether oxygens (including phenoxy) is 1. The zero-order valence-electron chi connectivity index (χ0n) is 14.7. The molecule has 3 rings (SSSR count). The number of anilines is 1. The van der Waals surface area contributed by atoms with Crippen molar-refractivity contribution < 1.29 is 14.3 Å². The molecule has 0 saturated carbocycles. The summed E-state index contributed by atoms with van der Waals surface area (Å²) in [5, 5.41) is 0. The van der Waals surface area contributed by atoms with Crippen LogP contribution in [0.2, 0.25) is 0 Å². The van der Waals surface area contributed by atoms with E-state index in [0.717, 1.165) is 24.9 Å². The molecule has 0 bridgehead atoms. The number of fused-ring (bicyclic) bond motifs is 1. The van der Waals surface area contributed by atoms with Crippen LogP contribution < -0.4 is 4.90 Å². The van der Waals surface area contributed by atoms with Gasteiger partial charge in [-0.3, -0.25) is 4.79 Å². The Hall–Kier alpha value is -2.04. The molecule has 0 radical (unpaired) electrons. The monoisotopic (exact) mass is 330 g/mol. The molecule has 130 valence electrons. The molecule has 0 N–H and O–H groups in total. The number of para-hydroxylation sites is 1. The predicted octanol–water partition coefficient (Wildman–Crippen LogP) is 3.37. The minimum absolute atomic E-state index is 0.0231. The lowest BCUT2D eigenvalue weighted by Gasteiger charge is -2.35. The summed E-state index contributed by atoms with van der Waals surface area (Å²) < 4.78 is 5.52. The van der Waals surface area contributed by atoms with Crippen LogP contribution in [0.4, 0.5) is 10.5 Å². The first-order valence-corrected chi connectivity index (χ1v) is 8.73. The van der Waals surface area contributed by atoms with Crippen LogP contribution in [0.5, 0.6) is 0 Å². The van der Waals surface area contributed by atoms with Gasteiger partial charge < -0.3 is 14.5 Å². The molecule has 1 aromatic rings. The third-order valence-electron chi connectivity index (χ3n) is 4.59. The number of likely N-dealkylation sites (tertiary alicyclic amines) is 1. The number of carbonyl (C=O) groups is 2. The van der Waals surface area contributed by atoms with Crippen LogP contribution in [0, 0.1) is 0 Å². The van der Waals surface area contributed by atoms with Crippen LogP contribution in [0.25, 0.3) is 0 Å². The maximum Gasteiger partial charge on any atom is 0.410 e. The number of hydrogen-bond acceptors (Lipinski definition) is 3. The standard InChI is InChI=1S/C19H26N2O3/c1-19(2,3)24-18(23)20-12-6-8-15(20)13-21-16-9-5-4-7-14(16)10-11-17(21)22/h4-5,7,9,15H,6,8,10-13H2,1-3H3/t15-/m0/s1. The topological polar surface area (TPSA) is 49.9 Å². The molecule has 24 heavy (non-hydrogen) atoms. The van der Waals surface area contributed by atoms with E-state index in [9.17, 15) is 9.59 Å². The Balaban J connectivity index is 1.75. The molecule has 0 spiro atoms. The predicted molar refractivity (Wildman–Crippen MR) is 93.1 cm³/mol. The summed E-state index contributed by atoms with van der Waals surface area (Å²) in [6.07, 6.45) is 2.92. The van der Waals surface area contributed by atoms with E-state index in [1.165, 1.54) is 5.56 Å². The number of nitrogens with zero attached hydrogens (tertiary/aromatic N) is 2. The fraction of sp³-hybridized carbons (Fsp3) is 0.579. The van der Waals surface area contributed by atoms with E-state index in [4.69, 9.17) is 4.74 Å². The van der Waals surface area contributed by atoms with Crippen molar-refractivity contribution in [2.24, 2.45) is 0 Å². The maximum absolute atomic E-state index is 12.4. The second kappa shape index (κ2) is 6.46. The first-order valence-electron chi connectivity index (χ1n) is 8.73. The van der Waals surface area contributed by atoms with Crippen molar-refractivity contribution in [2.75, 3.05) is 18.0 Å². The van der Waals surface area contributed by atoms with Gasteiger partial charge in [-0.15, -0.1) is 0 Å². The van der Waals surface area contributed by atoms with Crippen LogP contribution in [0.3, 0.4) is 0 Å². The first kappa shape index (κ1) is 16.8. The summed E-state index contributed by atoms with van der Waals surface area (Å²) in [7, 11) is 0. The van der Waals surface area contributed by atoms with Gasteiger partial charge in [0.15, 0.2) is 0 Å². The number of amides is 2. The van der Waals surface area contributed by atoms with E-state index < -0.39 is 5.60 Å². The number of hydrogen-bond donors (Lipinski definition) is 0. The molecule has 2 amide bonds. The van der Waals surface area contributed by atoms with Gasteiger partial charge in [0.05, 0.1) is 6.04 Å². The van der Waals surface area contributed by atoms with E-state index in [2.05, 4.69) is 6.07 Å². The Bertz CT molecular complexity index is 636. The van der Waals surface area contributed by atoms with Crippen LogP contribution in [0.15, 0.2) is 24.3 Å². The summed E-state index contributed by atoms with van der Waals surface area (Å²) in [5.74, 6) is 0.143. The van der Waals surface area contributed by atoms with Crippen molar-refractivity contribution in [3.8, 4) is 0 Å². The van der Waals surface area contributed by atoms with Crippen molar-refractivity contribution in [3.05, 3.63) is 29.8 Å². The first-order chi connectivity index (χ1) is 11.3. The number of rotatable bonds is 2. The van der Waals surface area contributed by atoms with Crippen molar-refractivity contribution in [1.29, 1.82) is 0 Å². The smallest absolute Gasteiger partial charge is 0.410 e. The molecule has 5 heteroatoms. The largest absolute Gasteiger partial charge is 0.444 e. The summed E-state index contributed by atoms with van der Waals surface area (Å²) in [4.78, 5) is 28.5. The van der Waals surface area contributed by atoms with Crippen LogP contribution >= 0.6 is 0 Å². The molecular formula is C19H26N2O3. The molecule has 2 aliphatic heterocycles. The minimum Gasteiger partial charge on any atom is -0.444 e. The lowest BCUT2D eigenvalue weighted by Crippen LogP contribution is -2.48. The molecule has 2 heterocycles. The molecule has 0 aliphatic carbocycles. The Morgan fingerprint density at radius 1 is 1.25 bits per heavy atom. The van der Waals surface area contributed by atoms with E-state index in [0.29, 0.717) is 19.5 Å². The summed E-state index contributed by atoms with van der Waals surface area (Å²) in [5.41, 5.74) is 1.70. The molecule has 2 aliphatic rings. The highest BCUT2D eigenvalue weighted by Gasteiger charge is 2.35. The van der Waals surface area contributed by atoms with Gasteiger partial charge in [0.25, 0.3) is 0 Å². The summed E-state index contributed by atoms with van der Waals surface area (Å²) in [6.45, 7) is 6.87. The van der Waals surface area contributed by atoms with Crippen molar-refractivity contribution in [1.82, 2.24) is 4.90 Å². The fourth-order valence-corrected chi connectivity index (χ4v) is 3.49. The Morgan fingerprint density at radius 2 is 2.00 bits per heavy atom. The highest BCUT2D eigenvalue weighted by Crippen LogP contribution is 2.30. The van der Waals surface area contributed by atoms with Crippen molar-refractivity contribution in [2.45, 2.75) is 58.1 Å². The second-order valence-corrected chi connectivity index (χ2v) is 7.60. The normalized spacial score (nSPS) is 21.0. The maximum atomic E-state index is 12.4. The summed E-state index contributed by atoms with van der Waals surface area (Å²) >= 11 is 0. The Labute approximate surface area is 143 Å². The number of benzene rings is 1. The third kappa shape index (κ3) is 3.55. The van der Waals surface area contributed by atoms with Crippen LogP contribution in [-0.4, -0.2) is 41.6 Å². The Kier molecular flexibility index (Phi) is 4.52. The van der Waals surface area contributed by atoms with E-state index in [1.54, 1.807) is 4.90 Å². The van der Waals surface area contributed by atoms with E-state index in [1.807, 2.05) is 43.9 Å². The van der Waals surface area contributed by atoms with Crippen molar-refractivity contribution in [3.63, 3.8) is 0 Å². The lowest BCUT2D eigenvalue weighted by atomic mass is 10.0. The average molecular weight is 330 g/mol. The van der Waals surface area contributed by atoms with Crippen molar-refractivity contribution >= 4 is 17.7 Å². The Morgan fingerprint density at radius 3 is 2.75 bits per heavy atom. The molecular weight excluding hydrogens is 304 g/mol. The molecule has 1 atom stereocenters. The van der Waals surface area contributed by atoms with Gasteiger partial charge in [-0.1, -0.05) is 18.2 Å². The van der Waals surface area contributed by atoms with Gasteiger partial charge in [0.2, 0.25) is 5.91 Å². The summed E-state index contributed by atoms with van der Waals surface area (Å²) in [6, 6.07) is 8.07. The molecule has 1 aromatic carbocycles. The second-order valence-electron chi connectivity index (χ2n) is 7.60. The lowest BCUT2D eigenvalue weighted by molar-refractivity contribution is -0.119. The zero-order chi connectivity index (χ0) is 17.3. The zero-order valence-corrected chi connectivity index (χ0v) is 14.7. The average Bonchev–Trinajstić information content (AvgIpc) is 2.97. The minimum atomic E-state index is -0.502. The van der Waals surface area contributed by atoms with E-state index >= 15 is 0 Å². The molecule has 0 aromatic heterocycles. The van der Waals surface area contributed by atoms with Crippen LogP contribution in [-0.2, 0) is 16.0 Å². The number of carbonyl (C=O) groups excluding carboxylic acids is 2. The van der Waals surface area contributed by atoms with E-state index in [-0.39, 0.29) is 18.0 Å². The van der Waals surface area contributed by atoms with Gasteiger partial charge in [-0.05, 0) is 51.7 Å². The SMILES string of the molecule is CC(C)(C)OC(=O)N1CCC[C@H]1CN1C(=O)CCc2ccccc21. The highest BCUT2D eigenvalue weighted by molar-refractivity contribution is 5.96. The highest BCUT2D eigenvalue weighted by atomic mass is 16.6. The number of aryl methyl sites for hydroxylation is 1. The molecule has 1 saturated heterocycles. The molecule has 0 unspecified atom stereocenters. The quantitative estimate of drug-likeness (QED) is 0.835. The van der Waals surface area contributed by atoms with Gasteiger partial charge in [0.1, 0.15) is 5.60 Å².